The highest BCUT2D eigenvalue weighted by atomic mass is 16.3. The molecule has 1 unspecified atom stereocenters. The number of aliphatic hydroxyl groups excluding tert-OH is 1. The largest absolute Gasteiger partial charge is 0.390 e. The summed E-state index contributed by atoms with van der Waals surface area (Å²) in [5, 5.41) is 13.1. The Morgan fingerprint density at radius 1 is 1.38 bits per heavy atom. The summed E-state index contributed by atoms with van der Waals surface area (Å²) in [6, 6.07) is 4.21. The lowest BCUT2D eigenvalue weighted by atomic mass is 10.1. The van der Waals surface area contributed by atoms with E-state index in [9.17, 15) is 9.90 Å². The summed E-state index contributed by atoms with van der Waals surface area (Å²) < 4.78 is 2.01. The molecule has 0 spiro atoms. The molecule has 1 aromatic heterocycles. The Bertz CT molecular complexity index is 696. The number of rotatable bonds is 8. The van der Waals surface area contributed by atoms with Gasteiger partial charge in [0.15, 0.2) is 0 Å². The van der Waals surface area contributed by atoms with Gasteiger partial charge in [0.25, 0.3) is 0 Å². The number of carbonyl (C=O) groups excluding carboxylic acids is 1. The Labute approximate surface area is 143 Å². The predicted molar refractivity (Wildman–Crippen MR) is 96.0 cm³/mol. The van der Waals surface area contributed by atoms with E-state index in [0.29, 0.717) is 19.6 Å². The first-order chi connectivity index (χ1) is 11.4. The quantitative estimate of drug-likeness (QED) is 0.718. The molecule has 0 aliphatic rings. The number of nitrogens with zero attached hydrogens (tertiary/aromatic N) is 3. The predicted octanol–water partition coefficient (Wildman–Crippen LogP) is 1.47. The van der Waals surface area contributed by atoms with Crippen LogP contribution in [0.15, 0.2) is 18.5 Å². The van der Waals surface area contributed by atoms with Crippen LogP contribution in [0, 0.1) is 13.8 Å². The summed E-state index contributed by atoms with van der Waals surface area (Å²) in [7, 11) is 1.98. The number of aromatic nitrogens is 2. The molecule has 0 radical (unpaired) electrons. The minimum absolute atomic E-state index is 0.00444. The molecule has 6 heteroatoms. The van der Waals surface area contributed by atoms with Crippen LogP contribution < -0.4 is 5.32 Å². The van der Waals surface area contributed by atoms with E-state index in [1.165, 1.54) is 18.1 Å². The Morgan fingerprint density at radius 3 is 2.79 bits per heavy atom. The van der Waals surface area contributed by atoms with Crippen LogP contribution in [0.3, 0.4) is 0 Å². The molecule has 2 aromatic rings. The summed E-state index contributed by atoms with van der Waals surface area (Å²) in [6.07, 6.45) is 2.20. The van der Waals surface area contributed by atoms with Crippen molar-refractivity contribution in [2.75, 3.05) is 26.7 Å². The number of carbonyl (C=O) groups is 1. The van der Waals surface area contributed by atoms with Crippen LogP contribution in [-0.4, -0.2) is 58.3 Å². The van der Waals surface area contributed by atoms with Crippen molar-refractivity contribution in [3.8, 4) is 0 Å². The number of aliphatic hydroxyl groups is 1. The van der Waals surface area contributed by atoms with Crippen molar-refractivity contribution in [1.29, 1.82) is 0 Å². The smallest absolute Gasteiger partial charge is 0.216 e. The Balaban J connectivity index is 1.87. The first-order valence-electron chi connectivity index (χ1n) is 8.40. The fourth-order valence-electron chi connectivity index (χ4n) is 2.81. The fraction of sp³-hybridized carbons (Fsp3) is 0.556. The number of imidazole rings is 1. The molecule has 0 fully saturated rings. The minimum atomic E-state index is -0.463. The SMILES string of the molecule is CC(=O)NCCCN(C)CC(O)Cn1cnc2cc(C)c(C)cc21. The van der Waals surface area contributed by atoms with Crippen LogP contribution >= 0.6 is 0 Å². The average molecular weight is 332 g/mol. The number of hydrogen-bond donors (Lipinski definition) is 2. The summed E-state index contributed by atoms with van der Waals surface area (Å²) in [5.41, 5.74) is 4.49. The van der Waals surface area contributed by atoms with Crippen LogP contribution in [0.25, 0.3) is 11.0 Å². The average Bonchev–Trinajstić information content (AvgIpc) is 2.86. The third kappa shape index (κ3) is 5.04. The second kappa shape index (κ2) is 8.26. The maximum absolute atomic E-state index is 10.8. The highest BCUT2D eigenvalue weighted by Crippen LogP contribution is 2.18. The van der Waals surface area contributed by atoms with Crippen molar-refractivity contribution in [2.24, 2.45) is 0 Å². The molecular formula is C18H28N4O2. The zero-order chi connectivity index (χ0) is 17.7. The second-order valence-corrected chi connectivity index (χ2v) is 6.57. The molecular weight excluding hydrogens is 304 g/mol. The first kappa shape index (κ1) is 18.4. The third-order valence-electron chi connectivity index (χ3n) is 4.26. The Morgan fingerprint density at radius 2 is 2.08 bits per heavy atom. The molecule has 6 nitrogen and oxygen atoms in total. The highest BCUT2D eigenvalue weighted by molar-refractivity contribution is 5.77. The molecule has 1 amide bonds. The van der Waals surface area contributed by atoms with E-state index in [1.54, 1.807) is 6.33 Å². The lowest BCUT2D eigenvalue weighted by molar-refractivity contribution is -0.118. The van der Waals surface area contributed by atoms with E-state index in [4.69, 9.17) is 0 Å². The molecule has 0 aliphatic carbocycles. The van der Waals surface area contributed by atoms with E-state index in [-0.39, 0.29) is 5.91 Å². The molecule has 1 heterocycles. The molecule has 2 rings (SSSR count). The molecule has 1 aromatic carbocycles. The third-order valence-corrected chi connectivity index (χ3v) is 4.26. The fourth-order valence-corrected chi connectivity index (χ4v) is 2.81. The lowest BCUT2D eigenvalue weighted by Crippen LogP contribution is -2.34. The lowest BCUT2D eigenvalue weighted by Gasteiger charge is -2.21. The van der Waals surface area contributed by atoms with Gasteiger partial charge < -0.3 is 19.9 Å². The second-order valence-electron chi connectivity index (χ2n) is 6.57. The topological polar surface area (TPSA) is 70.4 Å². The summed E-state index contributed by atoms with van der Waals surface area (Å²) in [5.74, 6) is -0.00444. The van der Waals surface area contributed by atoms with Crippen molar-refractivity contribution >= 4 is 16.9 Å². The van der Waals surface area contributed by atoms with Gasteiger partial charge >= 0.3 is 0 Å². The van der Waals surface area contributed by atoms with Gasteiger partial charge in [-0.05, 0) is 57.1 Å². The number of nitrogens with one attached hydrogen (secondary N) is 1. The van der Waals surface area contributed by atoms with Crippen molar-refractivity contribution in [2.45, 2.75) is 39.8 Å². The van der Waals surface area contributed by atoms with Gasteiger partial charge in [-0.25, -0.2) is 4.98 Å². The van der Waals surface area contributed by atoms with Crippen LogP contribution in [-0.2, 0) is 11.3 Å². The highest BCUT2D eigenvalue weighted by Gasteiger charge is 2.12. The number of aryl methyl sites for hydroxylation is 2. The molecule has 0 saturated heterocycles. The first-order valence-corrected chi connectivity index (χ1v) is 8.40. The zero-order valence-electron chi connectivity index (χ0n) is 15.0. The molecule has 0 aliphatic heterocycles. The number of hydrogen-bond acceptors (Lipinski definition) is 4. The number of likely N-dealkylation sites (N-methyl/N-ethyl adjacent to an activating group) is 1. The van der Waals surface area contributed by atoms with Gasteiger partial charge in [0.2, 0.25) is 5.91 Å². The molecule has 1 atom stereocenters. The standard InChI is InChI=1S/C18H28N4O2/c1-13-8-17-18(9-14(13)2)22(12-20-17)11-16(24)10-21(4)7-5-6-19-15(3)23/h8-9,12,16,24H,5-7,10-11H2,1-4H3,(H,19,23). The zero-order valence-corrected chi connectivity index (χ0v) is 15.0. The Hall–Kier alpha value is -1.92. The van der Waals surface area contributed by atoms with E-state index in [2.05, 4.69) is 41.2 Å². The van der Waals surface area contributed by atoms with Crippen molar-refractivity contribution in [1.82, 2.24) is 19.8 Å². The number of benzene rings is 1. The summed E-state index contributed by atoms with van der Waals surface area (Å²) >= 11 is 0. The van der Waals surface area contributed by atoms with Crippen LogP contribution in [0.2, 0.25) is 0 Å². The summed E-state index contributed by atoms with van der Waals surface area (Å²) in [6.45, 7) is 8.30. The maximum Gasteiger partial charge on any atom is 0.216 e. The van der Waals surface area contributed by atoms with Gasteiger partial charge in [0, 0.05) is 20.0 Å². The Kier molecular flexibility index (Phi) is 6.34. The molecule has 24 heavy (non-hydrogen) atoms. The molecule has 0 bridgehead atoms. The van der Waals surface area contributed by atoms with E-state index >= 15 is 0 Å². The number of amides is 1. The van der Waals surface area contributed by atoms with Gasteiger partial charge in [-0.2, -0.15) is 0 Å². The minimum Gasteiger partial charge on any atom is -0.390 e. The van der Waals surface area contributed by atoms with Crippen LogP contribution in [0.5, 0.6) is 0 Å². The van der Waals surface area contributed by atoms with E-state index in [0.717, 1.165) is 24.0 Å². The van der Waals surface area contributed by atoms with Gasteiger partial charge in [-0.1, -0.05) is 0 Å². The van der Waals surface area contributed by atoms with Crippen LogP contribution in [0.4, 0.5) is 0 Å². The normalized spacial score (nSPS) is 12.8. The van der Waals surface area contributed by atoms with Crippen LogP contribution in [0.1, 0.15) is 24.5 Å². The molecule has 2 N–H and O–H groups in total. The van der Waals surface area contributed by atoms with Gasteiger partial charge in [-0.3, -0.25) is 4.79 Å². The monoisotopic (exact) mass is 332 g/mol. The molecule has 132 valence electrons. The molecule has 0 saturated carbocycles. The van der Waals surface area contributed by atoms with Crippen molar-refractivity contribution in [3.63, 3.8) is 0 Å². The van der Waals surface area contributed by atoms with Gasteiger partial charge in [-0.15, -0.1) is 0 Å². The summed E-state index contributed by atoms with van der Waals surface area (Å²) in [4.78, 5) is 17.3. The van der Waals surface area contributed by atoms with Crippen molar-refractivity contribution in [3.05, 3.63) is 29.6 Å². The number of fused-ring (bicyclic) bond motifs is 1. The van der Waals surface area contributed by atoms with E-state index in [1.807, 2.05) is 11.6 Å². The van der Waals surface area contributed by atoms with Gasteiger partial charge in [0.1, 0.15) is 0 Å². The van der Waals surface area contributed by atoms with Crippen molar-refractivity contribution < 1.29 is 9.90 Å². The maximum atomic E-state index is 10.8. The van der Waals surface area contributed by atoms with Gasteiger partial charge in [0.05, 0.1) is 30.0 Å². The van der Waals surface area contributed by atoms with E-state index < -0.39 is 6.10 Å².